The molecule has 0 unspecified atom stereocenters. The molecule has 1 amide bonds. The van der Waals surface area contributed by atoms with Gasteiger partial charge in [-0.3, -0.25) is 4.79 Å². The smallest absolute Gasteiger partial charge is 0.231 e. The molecule has 6 nitrogen and oxygen atoms in total. The van der Waals surface area contributed by atoms with Gasteiger partial charge in [-0.1, -0.05) is 36.9 Å². The van der Waals surface area contributed by atoms with E-state index in [0.717, 1.165) is 9.47 Å². The van der Waals surface area contributed by atoms with Gasteiger partial charge in [0.2, 0.25) is 11.0 Å². The number of hydrogen-bond acceptors (Lipinski definition) is 7. The van der Waals surface area contributed by atoms with Crippen LogP contribution in [0.2, 0.25) is 0 Å². The van der Waals surface area contributed by atoms with Crippen molar-refractivity contribution in [2.45, 2.75) is 49.5 Å². The first-order chi connectivity index (χ1) is 9.93. The number of thioether (sulfide) groups is 1. The van der Waals surface area contributed by atoms with E-state index in [4.69, 9.17) is 0 Å². The molecular weight excluding hydrogens is 306 g/mol. The summed E-state index contributed by atoms with van der Waals surface area (Å²) in [6, 6.07) is 2.71. The maximum atomic E-state index is 11.9. The molecule has 2 N–H and O–H groups in total. The second-order valence-corrected chi connectivity index (χ2v) is 7.80. The number of carbonyl (C=O) groups excluding carboxylic acids is 1. The summed E-state index contributed by atoms with van der Waals surface area (Å²) in [5, 5.41) is 24.1. The fraction of sp³-hybridized carbons (Fsp3) is 0.692. The molecule has 1 saturated carbocycles. The summed E-state index contributed by atoms with van der Waals surface area (Å²) in [5.74, 6) is 0.124. The van der Waals surface area contributed by atoms with E-state index in [-0.39, 0.29) is 17.6 Å². The minimum absolute atomic E-state index is 0.0484. The molecule has 0 bridgehead atoms. The van der Waals surface area contributed by atoms with Crippen molar-refractivity contribution < 1.29 is 4.79 Å². The van der Waals surface area contributed by atoms with E-state index in [0.29, 0.717) is 6.04 Å². The van der Waals surface area contributed by atoms with Crippen molar-refractivity contribution in [1.82, 2.24) is 15.5 Å². The zero-order valence-corrected chi connectivity index (χ0v) is 14.0. The minimum atomic E-state index is -0.836. The van der Waals surface area contributed by atoms with Gasteiger partial charge in [0.15, 0.2) is 4.34 Å². The van der Waals surface area contributed by atoms with Crippen LogP contribution in [0, 0.1) is 17.2 Å². The van der Waals surface area contributed by atoms with Crippen LogP contribution < -0.4 is 10.6 Å². The number of anilines is 1. The second kappa shape index (κ2) is 6.62. The van der Waals surface area contributed by atoms with Crippen molar-refractivity contribution in [2.75, 3.05) is 11.1 Å². The third-order valence-corrected chi connectivity index (χ3v) is 5.41. The van der Waals surface area contributed by atoms with Gasteiger partial charge in [-0.25, -0.2) is 0 Å². The fourth-order valence-corrected chi connectivity index (χ4v) is 3.11. The lowest BCUT2D eigenvalue weighted by molar-refractivity contribution is -0.120. The summed E-state index contributed by atoms with van der Waals surface area (Å²) in [6.07, 6.45) is 2.37. The van der Waals surface area contributed by atoms with Crippen molar-refractivity contribution in [3.63, 3.8) is 0 Å². The van der Waals surface area contributed by atoms with Crippen LogP contribution in [0.4, 0.5) is 5.13 Å². The molecule has 1 fully saturated rings. The Kier molecular flexibility index (Phi) is 5.06. The fourth-order valence-electron chi connectivity index (χ4n) is 1.48. The number of nitriles is 1. The standard InChI is InChI=1S/C13H19N5OS2/c1-8(2)13(3,7-14)16-10(19)6-20-12-18-17-11(21-12)15-9-4-5-9/h8-9H,4-6H2,1-3H3,(H,15,17)(H,16,19)/t13-/m0/s1. The largest absolute Gasteiger partial charge is 0.357 e. The molecule has 1 heterocycles. The lowest BCUT2D eigenvalue weighted by atomic mass is 9.90. The first kappa shape index (κ1) is 16.0. The molecule has 1 aromatic heterocycles. The summed E-state index contributed by atoms with van der Waals surface area (Å²) < 4.78 is 0.761. The molecule has 0 aromatic carbocycles. The molecule has 0 aliphatic heterocycles. The third kappa shape index (κ3) is 4.58. The molecule has 1 aromatic rings. The molecule has 2 rings (SSSR count). The molecule has 1 atom stereocenters. The lowest BCUT2D eigenvalue weighted by Crippen LogP contribution is -2.49. The van der Waals surface area contributed by atoms with Crippen LogP contribution in [0.3, 0.4) is 0 Å². The predicted octanol–water partition coefficient (Wildman–Crippen LogP) is 2.26. The Hall–Kier alpha value is -1.33. The number of rotatable bonds is 7. The molecule has 0 radical (unpaired) electrons. The average Bonchev–Trinajstić information content (AvgIpc) is 3.13. The van der Waals surface area contributed by atoms with Crippen molar-refractivity contribution in [3.8, 4) is 6.07 Å². The van der Waals surface area contributed by atoms with Crippen LogP contribution in [-0.2, 0) is 4.79 Å². The first-order valence-electron chi connectivity index (χ1n) is 6.88. The van der Waals surface area contributed by atoms with Crippen molar-refractivity contribution in [1.29, 1.82) is 5.26 Å². The highest BCUT2D eigenvalue weighted by molar-refractivity contribution is 8.01. The number of amides is 1. The van der Waals surface area contributed by atoms with Crippen LogP contribution in [0.15, 0.2) is 4.34 Å². The van der Waals surface area contributed by atoms with Gasteiger partial charge in [0.1, 0.15) is 5.54 Å². The van der Waals surface area contributed by atoms with Crippen LogP contribution in [0.25, 0.3) is 0 Å². The molecular formula is C13H19N5OS2. The van der Waals surface area contributed by atoms with Crippen molar-refractivity contribution in [2.24, 2.45) is 5.92 Å². The van der Waals surface area contributed by atoms with Gasteiger partial charge in [-0.2, -0.15) is 5.26 Å². The topological polar surface area (TPSA) is 90.7 Å². The first-order valence-corrected chi connectivity index (χ1v) is 8.68. The van der Waals surface area contributed by atoms with Crippen LogP contribution in [0.5, 0.6) is 0 Å². The summed E-state index contributed by atoms with van der Waals surface area (Å²) in [4.78, 5) is 11.9. The lowest BCUT2D eigenvalue weighted by Gasteiger charge is -2.27. The normalized spacial score (nSPS) is 17.1. The van der Waals surface area contributed by atoms with Gasteiger partial charge < -0.3 is 10.6 Å². The Balaban J connectivity index is 1.80. The highest BCUT2D eigenvalue weighted by Crippen LogP contribution is 2.30. The third-order valence-electron chi connectivity index (χ3n) is 3.42. The van der Waals surface area contributed by atoms with Gasteiger partial charge in [0, 0.05) is 6.04 Å². The molecule has 0 saturated heterocycles. The minimum Gasteiger partial charge on any atom is -0.357 e. The van der Waals surface area contributed by atoms with E-state index in [2.05, 4.69) is 26.9 Å². The van der Waals surface area contributed by atoms with E-state index >= 15 is 0 Å². The van der Waals surface area contributed by atoms with E-state index in [1.54, 1.807) is 6.92 Å². The van der Waals surface area contributed by atoms with Gasteiger partial charge in [-0.05, 0) is 25.7 Å². The maximum Gasteiger partial charge on any atom is 0.231 e. The van der Waals surface area contributed by atoms with E-state index in [1.807, 2.05) is 13.8 Å². The van der Waals surface area contributed by atoms with Crippen LogP contribution in [0.1, 0.15) is 33.6 Å². The predicted molar refractivity (Wildman–Crippen MR) is 84.3 cm³/mol. The summed E-state index contributed by atoms with van der Waals surface area (Å²) in [6.45, 7) is 5.57. The van der Waals surface area contributed by atoms with Crippen molar-refractivity contribution >= 4 is 34.1 Å². The number of nitrogens with zero attached hydrogens (tertiary/aromatic N) is 3. The molecule has 0 spiro atoms. The Morgan fingerprint density at radius 3 is 2.86 bits per heavy atom. The summed E-state index contributed by atoms with van der Waals surface area (Å²) in [5.41, 5.74) is -0.836. The van der Waals surface area contributed by atoms with Gasteiger partial charge in [0.05, 0.1) is 11.8 Å². The molecule has 21 heavy (non-hydrogen) atoms. The average molecular weight is 325 g/mol. The monoisotopic (exact) mass is 325 g/mol. The second-order valence-electron chi connectivity index (χ2n) is 5.60. The highest BCUT2D eigenvalue weighted by atomic mass is 32.2. The molecule has 8 heteroatoms. The van der Waals surface area contributed by atoms with Gasteiger partial charge >= 0.3 is 0 Å². The number of nitrogens with one attached hydrogen (secondary N) is 2. The molecule has 114 valence electrons. The Bertz CT molecular complexity index is 549. The van der Waals surface area contributed by atoms with Gasteiger partial charge in [0.25, 0.3) is 0 Å². The van der Waals surface area contributed by atoms with E-state index < -0.39 is 5.54 Å². The van der Waals surface area contributed by atoms with Gasteiger partial charge in [-0.15, -0.1) is 10.2 Å². The quantitative estimate of drug-likeness (QED) is 0.747. The Morgan fingerprint density at radius 2 is 2.29 bits per heavy atom. The SMILES string of the molecule is CC(C)[C@](C)(C#N)NC(=O)CSc1nnc(NC2CC2)s1. The Labute approximate surface area is 132 Å². The summed E-state index contributed by atoms with van der Waals surface area (Å²) >= 11 is 2.80. The molecule has 1 aliphatic rings. The Morgan fingerprint density at radius 1 is 1.57 bits per heavy atom. The number of carbonyl (C=O) groups is 1. The van der Waals surface area contributed by atoms with Crippen LogP contribution in [-0.4, -0.2) is 33.4 Å². The zero-order valence-electron chi connectivity index (χ0n) is 12.3. The van der Waals surface area contributed by atoms with E-state index in [1.165, 1.54) is 35.9 Å². The van der Waals surface area contributed by atoms with E-state index in [9.17, 15) is 10.1 Å². The number of hydrogen-bond donors (Lipinski definition) is 2. The zero-order chi connectivity index (χ0) is 15.5. The van der Waals surface area contributed by atoms with Crippen molar-refractivity contribution in [3.05, 3.63) is 0 Å². The molecule has 1 aliphatic carbocycles. The van der Waals surface area contributed by atoms with Crippen LogP contribution >= 0.6 is 23.1 Å². The highest BCUT2D eigenvalue weighted by Gasteiger charge is 2.30. The summed E-state index contributed by atoms with van der Waals surface area (Å²) in [7, 11) is 0. The number of aromatic nitrogens is 2. The maximum absolute atomic E-state index is 11.9.